The number of hydrogen-bond acceptors (Lipinski definition) is 3. The van der Waals surface area contributed by atoms with Gasteiger partial charge in [0, 0.05) is 17.0 Å². The largest absolute Gasteiger partial charge is 0.270 e. The molecule has 1 aliphatic rings. The molecule has 1 aliphatic heterocycles. The van der Waals surface area contributed by atoms with E-state index in [4.69, 9.17) is 16.9 Å². The van der Waals surface area contributed by atoms with Gasteiger partial charge in [-0.15, -0.1) is 0 Å². The van der Waals surface area contributed by atoms with Gasteiger partial charge in [-0.05, 0) is 36.3 Å². The predicted molar refractivity (Wildman–Crippen MR) is 104 cm³/mol. The fourth-order valence-electron chi connectivity index (χ4n) is 2.73. The molecule has 0 saturated carbocycles. The lowest BCUT2D eigenvalue weighted by Crippen LogP contribution is -2.34. The first-order chi connectivity index (χ1) is 12.6. The fourth-order valence-corrected chi connectivity index (χ4v) is 2.86. The van der Waals surface area contributed by atoms with Gasteiger partial charge in [-0.1, -0.05) is 53.6 Å². The summed E-state index contributed by atoms with van der Waals surface area (Å²) < 4.78 is 0. The van der Waals surface area contributed by atoms with Crippen molar-refractivity contribution < 1.29 is 4.79 Å². The maximum absolute atomic E-state index is 12.7. The van der Waals surface area contributed by atoms with Gasteiger partial charge in [-0.25, -0.2) is 5.01 Å². The van der Waals surface area contributed by atoms with Crippen LogP contribution in [0, 0.1) is 18.3 Å². The lowest BCUT2D eigenvalue weighted by atomic mass is 9.97. The van der Waals surface area contributed by atoms with Crippen molar-refractivity contribution in [3.63, 3.8) is 0 Å². The van der Waals surface area contributed by atoms with E-state index in [1.165, 1.54) is 10.6 Å². The van der Waals surface area contributed by atoms with E-state index in [9.17, 15) is 4.79 Å². The van der Waals surface area contributed by atoms with Crippen LogP contribution in [0.15, 0.2) is 59.2 Å². The highest BCUT2D eigenvalue weighted by Crippen LogP contribution is 2.23. The fraction of sp³-hybridized carbons (Fsp3) is 0.190. The van der Waals surface area contributed by atoms with E-state index in [0.717, 1.165) is 16.8 Å². The smallest absolute Gasteiger partial charge is 0.267 e. The number of carbonyl (C=O) groups excluding carboxylic acids is 1. The summed E-state index contributed by atoms with van der Waals surface area (Å²) in [5.41, 5.74) is 4.52. The first kappa shape index (κ1) is 17.9. The molecule has 1 heterocycles. The summed E-state index contributed by atoms with van der Waals surface area (Å²) in [5.74, 6) is -0.161. The Balaban J connectivity index is 1.97. The Labute approximate surface area is 158 Å². The highest BCUT2D eigenvalue weighted by atomic mass is 35.5. The molecular formula is C21H18ClN3O. The Kier molecular flexibility index (Phi) is 5.50. The van der Waals surface area contributed by atoms with Crippen LogP contribution in [0.3, 0.4) is 0 Å². The molecule has 0 spiro atoms. The summed E-state index contributed by atoms with van der Waals surface area (Å²) in [6.45, 7) is 2.31. The molecule has 26 heavy (non-hydrogen) atoms. The second-order valence-corrected chi connectivity index (χ2v) is 6.58. The summed E-state index contributed by atoms with van der Waals surface area (Å²) in [6.07, 6.45) is 2.55. The van der Waals surface area contributed by atoms with Crippen molar-refractivity contribution in [3.8, 4) is 6.07 Å². The molecule has 0 radical (unpaired) electrons. The summed E-state index contributed by atoms with van der Waals surface area (Å²) in [7, 11) is 0. The quantitative estimate of drug-likeness (QED) is 0.746. The standard InChI is InChI=1S/C21H18ClN3O/c1-15-3-7-17(8-4-15)20-14-18(13-16-5-9-19(22)10-6-16)21(26)25(24-20)12-2-11-23/h3-10,13H,2,12,14H2,1H3/b18-13-. The van der Waals surface area contributed by atoms with Crippen molar-refractivity contribution in [3.05, 3.63) is 75.8 Å². The minimum absolute atomic E-state index is 0.161. The number of benzene rings is 2. The van der Waals surface area contributed by atoms with Crippen molar-refractivity contribution in [2.75, 3.05) is 6.54 Å². The van der Waals surface area contributed by atoms with E-state index >= 15 is 0 Å². The molecular weight excluding hydrogens is 346 g/mol. The summed E-state index contributed by atoms with van der Waals surface area (Å²) in [6, 6.07) is 17.5. The number of nitrogens with zero attached hydrogens (tertiary/aromatic N) is 3. The Morgan fingerprint density at radius 3 is 2.54 bits per heavy atom. The second kappa shape index (κ2) is 7.99. The normalized spacial score (nSPS) is 15.7. The molecule has 5 heteroatoms. The van der Waals surface area contributed by atoms with Crippen molar-refractivity contribution in [1.29, 1.82) is 5.26 Å². The van der Waals surface area contributed by atoms with Crippen LogP contribution in [0.4, 0.5) is 0 Å². The maximum Gasteiger partial charge on any atom is 0.270 e. The zero-order valence-electron chi connectivity index (χ0n) is 14.4. The Bertz CT molecular complexity index is 906. The Morgan fingerprint density at radius 1 is 1.19 bits per heavy atom. The van der Waals surface area contributed by atoms with Gasteiger partial charge in [0.05, 0.1) is 24.7 Å². The third-order valence-corrected chi connectivity index (χ3v) is 4.39. The summed E-state index contributed by atoms with van der Waals surface area (Å²) in [5, 5.41) is 15.4. The van der Waals surface area contributed by atoms with Crippen LogP contribution in [0.25, 0.3) is 6.08 Å². The number of hydrazone groups is 1. The zero-order valence-corrected chi connectivity index (χ0v) is 15.2. The minimum atomic E-state index is -0.161. The lowest BCUT2D eigenvalue weighted by molar-refractivity contribution is -0.127. The topological polar surface area (TPSA) is 56.5 Å². The molecule has 0 unspecified atom stereocenters. The highest BCUT2D eigenvalue weighted by molar-refractivity contribution is 6.30. The van der Waals surface area contributed by atoms with Crippen LogP contribution >= 0.6 is 11.6 Å². The molecule has 2 aromatic carbocycles. The molecule has 130 valence electrons. The van der Waals surface area contributed by atoms with Crippen molar-refractivity contribution >= 4 is 29.3 Å². The molecule has 0 N–H and O–H groups in total. The SMILES string of the molecule is Cc1ccc(C2=NN(CCC#N)C(=O)/C(=C\c3ccc(Cl)cc3)C2)cc1. The molecule has 1 amide bonds. The van der Waals surface area contributed by atoms with E-state index in [2.05, 4.69) is 11.2 Å². The van der Waals surface area contributed by atoms with Crippen LogP contribution in [0.2, 0.25) is 5.02 Å². The predicted octanol–water partition coefficient (Wildman–Crippen LogP) is 4.58. The Morgan fingerprint density at radius 2 is 1.88 bits per heavy atom. The molecule has 4 nitrogen and oxygen atoms in total. The molecule has 0 saturated heterocycles. The number of halogens is 1. The zero-order chi connectivity index (χ0) is 18.5. The molecule has 0 bridgehead atoms. The van der Waals surface area contributed by atoms with Gasteiger partial charge in [-0.3, -0.25) is 4.79 Å². The number of nitriles is 1. The van der Waals surface area contributed by atoms with Gasteiger partial charge in [-0.2, -0.15) is 10.4 Å². The minimum Gasteiger partial charge on any atom is -0.267 e. The van der Waals surface area contributed by atoms with Crippen LogP contribution in [-0.4, -0.2) is 23.2 Å². The molecule has 0 aliphatic carbocycles. The first-order valence-corrected chi connectivity index (χ1v) is 8.74. The molecule has 0 atom stereocenters. The molecule has 0 fully saturated rings. The van der Waals surface area contributed by atoms with Gasteiger partial charge >= 0.3 is 0 Å². The number of amides is 1. The lowest BCUT2D eigenvalue weighted by Gasteiger charge is -2.25. The van der Waals surface area contributed by atoms with Crippen molar-refractivity contribution in [2.24, 2.45) is 5.10 Å². The average Bonchev–Trinajstić information content (AvgIpc) is 2.65. The maximum atomic E-state index is 12.7. The van der Waals surface area contributed by atoms with Crippen molar-refractivity contribution in [1.82, 2.24) is 5.01 Å². The van der Waals surface area contributed by atoms with Gasteiger partial charge in [0.15, 0.2) is 0 Å². The van der Waals surface area contributed by atoms with Gasteiger partial charge in [0.2, 0.25) is 0 Å². The van der Waals surface area contributed by atoms with E-state index in [-0.39, 0.29) is 18.9 Å². The van der Waals surface area contributed by atoms with Crippen LogP contribution < -0.4 is 0 Å². The summed E-state index contributed by atoms with van der Waals surface area (Å²) in [4.78, 5) is 12.7. The van der Waals surface area contributed by atoms with Crippen LogP contribution in [-0.2, 0) is 4.79 Å². The summed E-state index contributed by atoms with van der Waals surface area (Å²) >= 11 is 5.93. The number of carbonyl (C=O) groups is 1. The molecule has 3 rings (SSSR count). The van der Waals surface area contributed by atoms with Gasteiger partial charge < -0.3 is 0 Å². The van der Waals surface area contributed by atoms with E-state index < -0.39 is 0 Å². The molecule has 0 aromatic heterocycles. The van der Waals surface area contributed by atoms with E-state index in [0.29, 0.717) is 17.0 Å². The Hall–Kier alpha value is -2.90. The van der Waals surface area contributed by atoms with Crippen LogP contribution in [0.1, 0.15) is 29.5 Å². The van der Waals surface area contributed by atoms with E-state index in [1.807, 2.05) is 49.4 Å². The third kappa shape index (κ3) is 4.19. The average molecular weight is 364 g/mol. The van der Waals surface area contributed by atoms with E-state index in [1.54, 1.807) is 12.1 Å². The first-order valence-electron chi connectivity index (χ1n) is 8.36. The highest BCUT2D eigenvalue weighted by Gasteiger charge is 2.25. The van der Waals surface area contributed by atoms with Gasteiger partial charge in [0.1, 0.15) is 0 Å². The van der Waals surface area contributed by atoms with Crippen LogP contribution in [0.5, 0.6) is 0 Å². The third-order valence-electron chi connectivity index (χ3n) is 4.14. The second-order valence-electron chi connectivity index (χ2n) is 6.15. The monoisotopic (exact) mass is 363 g/mol. The number of hydrogen-bond donors (Lipinski definition) is 0. The van der Waals surface area contributed by atoms with Gasteiger partial charge in [0.25, 0.3) is 5.91 Å². The number of aryl methyl sites for hydroxylation is 1. The number of rotatable bonds is 4. The molecule has 2 aromatic rings. The van der Waals surface area contributed by atoms with Crippen molar-refractivity contribution in [2.45, 2.75) is 19.8 Å².